The molecule has 0 aliphatic rings. The summed E-state index contributed by atoms with van der Waals surface area (Å²) in [6.07, 6.45) is -4.51. The summed E-state index contributed by atoms with van der Waals surface area (Å²) in [5.41, 5.74) is 0.594. The molecule has 1 heterocycles. The van der Waals surface area contributed by atoms with Crippen molar-refractivity contribution in [2.45, 2.75) is 20.0 Å². The van der Waals surface area contributed by atoms with Gasteiger partial charge in [-0.1, -0.05) is 23.2 Å². The predicted molar refractivity (Wildman–Crippen MR) is 63.5 cm³/mol. The predicted octanol–water partition coefficient (Wildman–Crippen LogP) is 4.37. The molecule has 0 aliphatic heterocycles. The second kappa shape index (κ2) is 4.31. The van der Waals surface area contributed by atoms with Crippen LogP contribution in [0.25, 0.3) is 11.1 Å². The van der Waals surface area contributed by atoms with Gasteiger partial charge in [0.05, 0.1) is 0 Å². The number of benzene rings is 1. The zero-order valence-corrected chi connectivity index (χ0v) is 10.4. The van der Waals surface area contributed by atoms with E-state index in [1.807, 2.05) is 0 Å². The van der Waals surface area contributed by atoms with Crippen LogP contribution in [0.3, 0.4) is 0 Å². The number of nitrogens with one attached hydrogen (secondary N) is 1. The van der Waals surface area contributed by atoms with Gasteiger partial charge in [-0.25, -0.2) is 0 Å². The summed E-state index contributed by atoms with van der Waals surface area (Å²) in [5, 5.41) is 5.96. The van der Waals surface area contributed by atoms with E-state index in [0.29, 0.717) is 11.3 Å². The highest BCUT2D eigenvalue weighted by molar-refractivity contribution is 6.33. The van der Waals surface area contributed by atoms with Gasteiger partial charge in [-0.15, -0.1) is 0 Å². The van der Waals surface area contributed by atoms with Gasteiger partial charge in [-0.3, -0.25) is 5.10 Å². The summed E-state index contributed by atoms with van der Waals surface area (Å²) < 4.78 is 38.6. The van der Waals surface area contributed by atoms with Gasteiger partial charge in [-0.05, 0) is 26.0 Å². The Kier molecular flexibility index (Phi) is 3.11. The van der Waals surface area contributed by atoms with Gasteiger partial charge in [0, 0.05) is 21.8 Å². The topological polar surface area (TPSA) is 28.7 Å². The van der Waals surface area contributed by atoms with Crippen LogP contribution in [-0.2, 0) is 6.18 Å². The summed E-state index contributed by atoms with van der Waals surface area (Å²) in [7, 11) is 0. The first-order valence-electron chi connectivity index (χ1n) is 5.19. The lowest BCUT2D eigenvalue weighted by Crippen LogP contribution is -2.07. The van der Waals surface area contributed by atoms with Crippen molar-refractivity contribution in [2.75, 3.05) is 0 Å². The minimum Gasteiger partial charge on any atom is -0.282 e. The molecule has 2 nitrogen and oxygen atoms in total. The van der Waals surface area contributed by atoms with Crippen LogP contribution in [0.1, 0.15) is 17.0 Å². The fourth-order valence-corrected chi connectivity index (χ4v) is 2.01. The Bertz CT molecular complexity index is 587. The van der Waals surface area contributed by atoms with Crippen molar-refractivity contribution in [1.29, 1.82) is 0 Å². The van der Waals surface area contributed by atoms with Crippen LogP contribution < -0.4 is 0 Å². The van der Waals surface area contributed by atoms with Crippen molar-refractivity contribution >= 4 is 11.6 Å². The van der Waals surface area contributed by atoms with Gasteiger partial charge in [0.15, 0.2) is 5.69 Å². The fraction of sp³-hybridized carbons (Fsp3) is 0.250. The van der Waals surface area contributed by atoms with Crippen molar-refractivity contribution in [2.24, 2.45) is 0 Å². The van der Waals surface area contributed by atoms with Gasteiger partial charge < -0.3 is 0 Å². The molecule has 0 unspecified atom stereocenters. The number of halogens is 4. The van der Waals surface area contributed by atoms with Crippen LogP contribution >= 0.6 is 11.6 Å². The first-order valence-corrected chi connectivity index (χ1v) is 5.57. The monoisotopic (exact) mass is 274 g/mol. The van der Waals surface area contributed by atoms with Gasteiger partial charge >= 0.3 is 6.18 Å². The molecule has 0 atom stereocenters. The van der Waals surface area contributed by atoms with Crippen LogP contribution in [0, 0.1) is 13.8 Å². The number of rotatable bonds is 1. The normalized spacial score (nSPS) is 11.9. The molecular formula is C12H10ClF3N2. The van der Waals surface area contributed by atoms with E-state index in [1.165, 1.54) is 6.92 Å². The van der Waals surface area contributed by atoms with Crippen LogP contribution in [0.5, 0.6) is 0 Å². The molecule has 1 aromatic carbocycles. The number of hydrogen-bond donors (Lipinski definition) is 1. The summed E-state index contributed by atoms with van der Waals surface area (Å²) in [6, 6.07) is 4.95. The number of nitrogens with zero attached hydrogens (tertiary/aromatic N) is 1. The largest absolute Gasteiger partial charge is 0.435 e. The maximum Gasteiger partial charge on any atom is 0.435 e. The highest BCUT2D eigenvalue weighted by Gasteiger charge is 2.38. The van der Waals surface area contributed by atoms with Gasteiger partial charge in [0.1, 0.15) is 0 Å². The summed E-state index contributed by atoms with van der Waals surface area (Å²) in [4.78, 5) is 0. The molecule has 1 N–H and O–H groups in total. The fourth-order valence-electron chi connectivity index (χ4n) is 1.79. The van der Waals surface area contributed by atoms with Crippen LogP contribution in [0.15, 0.2) is 18.2 Å². The molecule has 2 rings (SSSR count). The Labute approximate surface area is 107 Å². The molecule has 6 heteroatoms. The lowest BCUT2D eigenvalue weighted by molar-refractivity contribution is -0.140. The van der Waals surface area contributed by atoms with Gasteiger partial charge in [-0.2, -0.15) is 18.3 Å². The number of aryl methyl sites for hydroxylation is 2. The van der Waals surface area contributed by atoms with E-state index >= 15 is 0 Å². The molecule has 0 bridgehead atoms. The molecular weight excluding hydrogens is 265 g/mol. The van der Waals surface area contributed by atoms with Crippen molar-refractivity contribution in [3.63, 3.8) is 0 Å². The van der Waals surface area contributed by atoms with E-state index < -0.39 is 11.9 Å². The SMILES string of the molecule is Cc1ccc(Cl)c(-c2c(C(F)(F)F)n[nH]c2C)c1. The lowest BCUT2D eigenvalue weighted by atomic mass is 10.0. The number of H-pyrrole nitrogens is 1. The Hall–Kier alpha value is -1.49. The number of alkyl halides is 3. The molecule has 0 fully saturated rings. The molecule has 0 spiro atoms. The first kappa shape index (κ1) is 13.0. The average Bonchev–Trinajstić information content (AvgIpc) is 2.63. The molecule has 0 saturated heterocycles. The van der Waals surface area contributed by atoms with Crippen LogP contribution in [-0.4, -0.2) is 10.2 Å². The van der Waals surface area contributed by atoms with E-state index in [1.54, 1.807) is 25.1 Å². The van der Waals surface area contributed by atoms with Crippen molar-refractivity contribution in [3.05, 3.63) is 40.2 Å². The van der Waals surface area contributed by atoms with Gasteiger partial charge in [0.25, 0.3) is 0 Å². The highest BCUT2D eigenvalue weighted by atomic mass is 35.5. The van der Waals surface area contributed by atoms with E-state index in [2.05, 4.69) is 10.2 Å². The number of hydrogen-bond acceptors (Lipinski definition) is 1. The summed E-state index contributed by atoms with van der Waals surface area (Å²) in [5.74, 6) is 0. The lowest BCUT2D eigenvalue weighted by Gasteiger charge is -2.09. The maximum absolute atomic E-state index is 12.9. The molecule has 2 aromatic rings. The zero-order chi connectivity index (χ0) is 13.5. The molecule has 1 aromatic heterocycles. The number of aromatic nitrogens is 2. The highest BCUT2D eigenvalue weighted by Crippen LogP contribution is 2.40. The Balaban J connectivity index is 2.71. The second-order valence-electron chi connectivity index (χ2n) is 4.05. The molecule has 18 heavy (non-hydrogen) atoms. The van der Waals surface area contributed by atoms with E-state index in [4.69, 9.17) is 11.6 Å². The second-order valence-corrected chi connectivity index (χ2v) is 4.46. The van der Waals surface area contributed by atoms with Crippen LogP contribution in [0.4, 0.5) is 13.2 Å². The molecule has 0 aliphatic carbocycles. The molecule has 0 radical (unpaired) electrons. The first-order chi connectivity index (χ1) is 8.30. The van der Waals surface area contributed by atoms with E-state index in [9.17, 15) is 13.2 Å². The molecule has 0 amide bonds. The summed E-state index contributed by atoms with van der Waals surface area (Å²) in [6.45, 7) is 3.33. The molecule has 0 saturated carbocycles. The average molecular weight is 275 g/mol. The zero-order valence-electron chi connectivity index (χ0n) is 9.69. The van der Waals surface area contributed by atoms with Crippen molar-refractivity contribution in [1.82, 2.24) is 10.2 Å². The third-order valence-corrected chi connectivity index (χ3v) is 2.94. The van der Waals surface area contributed by atoms with E-state index in [-0.39, 0.29) is 10.6 Å². The minimum absolute atomic E-state index is 0.0104. The van der Waals surface area contributed by atoms with Crippen molar-refractivity contribution in [3.8, 4) is 11.1 Å². The van der Waals surface area contributed by atoms with E-state index in [0.717, 1.165) is 5.56 Å². The Morgan fingerprint density at radius 1 is 1.22 bits per heavy atom. The minimum atomic E-state index is -4.51. The Morgan fingerprint density at radius 3 is 2.50 bits per heavy atom. The third kappa shape index (κ3) is 2.22. The van der Waals surface area contributed by atoms with Crippen molar-refractivity contribution < 1.29 is 13.2 Å². The Morgan fingerprint density at radius 2 is 1.89 bits per heavy atom. The maximum atomic E-state index is 12.9. The smallest absolute Gasteiger partial charge is 0.282 e. The summed E-state index contributed by atoms with van der Waals surface area (Å²) >= 11 is 5.97. The quantitative estimate of drug-likeness (QED) is 0.822. The number of aromatic amines is 1. The third-order valence-electron chi connectivity index (χ3n) is 2.61. The van der Waals surface area contributed by atoms with Crippen LogP contribution in [0.2, 0.25) is 5.02 Å². The van der Waals surface area contributed by atoms with Gasteiger partial charge in [0.2, 0.25) is 0 Å². The standard InChI is InChI=1S/C12H10ClF3N2/c1-6-3-4-9(13)8(5-6)10-7(2)17-18-11(10)12(14,15)16/h3-5H,1-2H3,(H,17,18). The molecule has 96 valence electrons.